The summed E-state index contributed by atoms with van der Waals surface area (Å²) in [5.41, 5.74) is 11.1. The van der Waals surface area contributed by atoms with Gasteiger partial charge in [0.2, 0.25) is 11.8 Å². The molecule has 0 spiro atoms. The molecule has 0 aliphatic carbocycles. The van der Waals surface area contributed by atoms with Crippen LogP contribution in [-0.2, 0) is 24.0 Å². The number of benzene rings is 5. The number of nitrogens with one attached hydrogen (secondary N) is 2. The van der Waals surface area contributed by atoms with Crippen LogP contribution in [0.1, 0.15) is 102 Å². The standard InChI is InChI=1S/C58H66F2N8O6/c1-36-46(59)34-49-52(51(36)53-45(55(61)71)14-15-48(54(53)60)73-31-30-69)37(2)58(74-49,42-9-5-4-6-10-42)22-23-62-35-39-8-7-11-43(32-39)67-27-17-38(18-28-67)16-24-66-25-19-40(20-26-66)41-12-13-44-47(33-41)65(3)64-56(44)68-29-21-50(70)63-57(68)72/h4-15,32-34,37-38,40,62,69H,16-31,35H2,1-3H3,(H2,61,71)(H,63,70,72)/t37-,58-/m0/s1. The van der Waals surface area contributed by atoms with Crippen LogP contribution in [0.15, 0.2) is 91.0 Å². The van der Waals surface area contributed by atoms with E-state index in [-0.39, 0.29) is 59.3 Å². The van der Waals surface area contributed by atoms with Crippen molar-refractivity contribution in [1.82, 2.24) is 25.3 Å². The van der Waals surface area contributed by atoms with Gasteiger partial charge in [-0.05, 0) is 141 Å². The summed E-state index contributed by atoms with van der Waals surface area (Å²) < 4.78 is 46.7. The second-order valence-corrected chi connectivity index (χ2v) is 20.5. The number of anilines is 2. The minimum Gasteiger partial charge on any atom is -0.488 e. The van der Waals surface area contributed by atoms with Crippen molar-refractivity contribution < 1.29 is 37.7 Å². The Morgan fingerprint density at radius 1 is 0.946 bits per heavy atom. The number of hydrogen-bond acceptors (Lipinski definition) is 10. The van der Waals surface area contributed by atoms with Gasteiger partial charge in [-0.3, -0.25) is 24.5 Å². The number of primary amides is 1. The number of rotatable bonds is 17. The molecule has 4 aliphatic rings. The molecule has 5 heterocycles. The highest BCUT2D eigenvalue weighted by Crippen LogP contribution is 2.57. The number of aryl methyl sites for hydroxylation is 1. The number of urea groups is 1. The average Bonchev–Trinajstić information content (AvgIpc) is 3.89. The van der Waals surface area contributed by atoms with E-state index in [2.05, 4.69) is 68.0 Å². The van der Waals surface area contributed by atoms with E-state index in [0.29, 0.717) is 49.3 Å². The third kappa shape index (κ3) is 9.94. The first-order valence-corrected chi connectivity index (χ1v) is 26.1. The fraction of sp³-hybridized carbons (Fsp3) is 0.414. The molecule has 6 aromatic rings. The number of aliphatic hydroxyl groups excluding tert-OH is 1. The van der Waals surface area contributed by atoms with Crippen LogP contribution >= 0.6 is 0 Å². The van der Waals surface area contributed by atoms with Gasteiger partial charge in [0.15, 0.2) is 17.4 Å². The van der Waals surface area contributed by atoms with Crippen LogP contribution in [0, 0.1) is 24.5 Å². The predicted octanol–water partition coefficient (Wildman–Crippen LogP) is 8.80. The molecule has 2 atom stereocenters. The van der Waals surface area contributed by atoms with Crippen LogP contribution in [0.2, 0.25) is 0 Å². The Kier molecular flexibility index (Phi) is 14.7. The normalized spacial score (nSPS) is 19.7. The van der Waals surface area contributed by atoms with Gasteiger partial charge in [0.1, 0.15) is 23.8 Å². The van der Waals surface area contributed by atoms with Gasteiger partial charge in [-0.1, -0.05) is 55.5 Å². The lowest BCUT2D eigenvalue weighted by molar-refractivity contribution is -0.120. The summed E-state index contributed by atoms with van der Waals surface area (Å²) in [6.45, 7) is 9.86. The molecule has 388 valence electrons. The number of aliphatic hydroxyl groups is 1. The largest absolute Gasteiger partial charge is 0.488 e. The second kappa shape index (κ2) is 21.5. The first-order chi connectivity index (χ1) is 35.8. The first-order valence-electron chi connectivity index (χ1n) is 26.1. The molecule has 3 fully saturated rings. The lowest BCUT2D eigenvalue weighted by Crippen LogP contribution is -2.49. The van der Waals surface area contributed by atoms with E-state index >= 15 is 8.78 Å². The van der Waals surface area contributed by atoms with Crippen LogP contribution in [0.3, 0.4) is 0 Å². The Labute approximate surface area is 430 Å². The molecule has 10 rings (SSSR count). The smallest absolute Gasteiger partial charge is 0.329 e. The number of fused-ring (bicyclic) bond motifs is 2. The highest BCUT2D eigenvalue weighted by atomic mass is 19.1. The number of hydrogen-bond donors (Lipinski definition) is 4. The molecule has 1 aromatic heterocycles. The second-order valence-electron chi connectivity index (χ2n) is 20.5. The van der Waals surface area contributed by atoms with Crippen molar-refractivity contribution in [1.29, 1.82) is 0 Å². The van der Waals surface area contributed by atoms with Crippen LogP contribution < -0.4 is 35.6 Å². The van der Waals surface area contributed by atoms with E-state index in [4.69, 9.17) is 15.2 Å². The number of aromatic nitrogens is 2. The van der Waals surface area contributed by atoms with E-state index < -0.39 is 35.1 Å². The summed E-state index contributed by atoms with van der Waals surface area (Å²) in [6.07, 6.45) is 6.50. The number of ether oxygens (including phenoxy) is 2. The molecular weight excluding hydrogens is 943 g/mol. The fourth-order valence-corrected chi connectivity index (χ4v) is 12.0. The van der Waals surface area contributed by atoms with Gasteiger partial charge in [-0.25, -0.2) is 13.6 Å². The molecule has 16 heteroatoms. The van der Waals surface area contributed by atoms with Crippen molar-refractivity contribution in [2.24, 2.45) is 18.7 Å². The molecule has 74 heavy (non-hydrogen) atoms. The third-order valence-corrected chi connectivity index (χ3v) is 16.2. The lowest BCUT2D eigenvalue weighted by Gasteiger charge is -2.36. The zero-order chi connectivity index (χ0) is 51.7. The molecule has 0 unspecified atom stereocenters. The Balaban J connectivity index is 0.732. The summed E-state index contributed by atoms with van der Waals surface area (Å²) in [7, 11) is 1.91. The molecule has 4 amide bonds. The number of carbonyl (C=O) groups is 3. The van der Waals surface area contributed by atoms with Crippen LogP contribution in [-0.4, -0.2) is 96.7 Å². The van der Waals surface area contributed by atoms with Gasteiger partial charge in [-0.15, -0.1) is 0 Å². The molecular formula is C58H66F2N8O6. The summed E-state index contributed by atoms with van der Waals surface area (Å²) in [6, 6.07) is 28.6. The topological polar surface area (TPSA) is 168 Å². The van der Waals surface area contributed by atoms with Crippen molar-refractivity contribution in [3.63, 3.8) is 0 Å². The van der Waals surface area contributed by atoms with Crippen LogP contribution in [0.5, 0.6) is 11.5 Å². The molecule has 0 bridgehead atoms. The van der Waals surface area contributed by atoms with Gasteiger partial charge in [0, 0.05) is 80.3 Å². The van der Waals surface area contributed by atoms with Crippen LogP contribution in [0.25, 0.3) is 22.0 Å². The van der Waals surface area contributed by atoms with Crippen molar-refractivity contribution in [3.8, 4) is 22.6 Å². The highest BCUT2D eigenvalue weighted by molar-refractivity contribution is 6.09. The number of likely N-dealkylation sites (tertiary alicyclic amines) is 1. The monoisotopic (exact) mass is 1010 g/mol. The number of nitrogens with two attached hydrogens (primary N) is 1. The summed E-state index contributed by atoms with van der Waals surface area (Å²) in [5.74, 6) is -1.17. The van der Waals surface area contributed by atoms with Crippen LogP contribution in [0.4, 0.5) is 25.1 Å². The van der Waals surface area contributed by atoms with Crippen molar-refractivity contribution >= 4 is 40.3 Å². The molecule has 0 radical (unpaired) electrons. The van der Waals surface area contributed by atoms with E-state index in [0.717, 1.165) is 74.9 Å². The Bertz CT molecular complexity index is 3060. The Hall–Kier alpha value is -6.88. The quantitative estimate of drug-likeness (QED) is 0.0649. The molecule has 0 saturated carbocycles. The number of nitrogens with zero attached hydrogens (tertiary/aromatic N) is 5. The van der Waals surface area contributed by atoms with Gasteiger partial charge < -0.3 is 35.4 Å². The number of imide groups is 1. The molecule has 14 nitrogen and oxygen atoms in total. The van der Waals surface area contributed by atoms with Gasteiger partial charge in [-0.2, -0.15) is 5.10 Å². The average molecular weight is 1010 g/mol. The Morgan fingerprint density at radius 3 is 2.47 bits per heavy atom. The maximum Gasteiger partial charge on any atom is 0.329 e. The number of amides is 4. The maximum atomic E-state index is 16.5. The minimum atomic E-state index is -0.966. The number of halogens is 2. The number of carbonyl (C=O) groups excluding carboxylic acids is 3. The third-order valence-electron chi connectivity index (χ3n) is 16.2. The van der Waals surface area contributed by atoms with Gasteiger partial charge >= 0.3 is 6.03 Å². The zero-order valence-electron chi connectivity index (χ0n) is 42.5. The highest BCUT2D eigenvalue weighted by Gasteiger charge is 2.49. The lowest BCUT2D eigenvalue weighted by atomic mass is 9.75. The van der Waals surface area contributed by atoms with Crippen molar-refractivity contribution in [3.05, 3.63) is 136 Å². The molecule has 3 saturated heterocycles. The number of piperidine rings is 2. The predicted molar refractivity (Wildman–Crippen MR) is 282 cm³/mol. The van der Waals surface area contributed by atoms with Crippen molar-refractivity contribution in [2.75, 3.05) is 68.8 Å². The first kappa shape index (κ1) is 50.6. The summed E-state index contributed by atoms with van der Waals surface area (Å²) >= 11 is 0. The fourth-order valence-electron chi connectivity index (χ4n) is 12.0. The van der Waals surface area contributed by atoms with Gasteiger partial charge in [0.05, 0.1) is 17.7 Å². The maximum absolute atomic E-state index is 16.5. The SMILES string of the molecule is Cc1c(F)cc2c(c1-c1c(C(N)=O)ccc(OCCO)c1F)[C@H](C)[C@@](CCNCc1cccc(N3CCC(CCN4CCC(c5ccc6c(N7CCC(=O)NC7=O)nn(C)c6c5)CC4)CC3)c1)(c1ccccc1)O2. The van der Waals surface area contributed by atoms with E-state index in [9.17, 15) is 19.5 Å². The van der Waals surface area contributed by atoms with E-state index in [1.807, 2.05) is 49.0 Å². The van der Waals surface area contributed by atoms with Crippen molar-refractivity contribution in [2.45, 2.75) is 82.8 Å². The summed E-state index contributed by atoms with van der Waals surface area (Å²) in [4.78, 5) is 43.8. The van der Waals surface area contributed by atoms with E-state index in [1.165, 1.54) is 41.4 Å². The summed E-state index contributed by atoms with van der Waals surface area (Å²) in [5, 5.41) is 21.0. The molecule has 4 aliphatic heterocycles. The van der Waals surface area contributed by atoms with E-state index in [1.54, 1.807) is 11.8 Å². The minimum absolute atomic E-state index is 0.112. The van der Waals surface area contributed by atoms with Gasteiger partial charge in [0.25, 0.3) is 0 Å². The molecule has 5 N–H and O–H groups in total. The Morgan fingerprint density at radius 2 is 1.73 bits per heavy atom. The molecule has 5 aromatic carbocycles. The zero-order valence-corrected chi connectivity index (χ0v) is 42.5.